The number of hydrogen-bond donors (Lipinski definition) is 1. The Morgan fingerprint density at radius 1 is 1.40 bits per heavy atom. The van der Waals surface area contributed by atoms with E-state index in [4.69, 9.17) is 0 Å². The van der Waals surface area contributed by atoms with Crippen molar-refractivity contribution in [2.75, 3.05) is 6.54 Å². The molecule has 0 fully saturated rings. The third-order valence-corrected chi connectivity index (χ3v) is 3.37. The number of rotatable bonds is 5. The molecule has 0 spiro atoms. The summed E-state index contributed by atoms with van der Waals surface area (Å²) in [5.41, 5.74) is 1.10. The van der Waals surface area contributed by atoms with Crippen LogP contribution in [0.4, 0.5) is 0 Å². The summed E-state index contributed by atoms with van der Waals surface area (Å²) in [6.07, 6.45) is 3.93. The molecule has 0 saturated heterocycles. The summed E-state index contributed by atoms with van der Waals surface area (Å²) in [7, 11) is 0. The van der Waals surface area contributed by atoms with E-state index >= 15 is 0 Å². The van der Waals surface area contributed by atoms with E-state index in [-0.39, 0.29) is 17.7 Å². The van der Waals surface area contributed by atoms with Gasteiger partial charge >= 0.3 is 0 Å². The van der Waals surface area contributed by atoms with Crippen LogP contribution in [0.3, 0.4) is 0 Å². The van der Waals surface area contributed by atoms with E-state index in [2.05, 4.69) is 10.3 Å². The maximum atomic E-state index is 12.0. The number of carbonyl (C=O) groups excluding carboxylic acids is 2. The van der Waals surface area contributed by atoms with Crippen molar-refractivity contribution in [3.05, 3.63) is 34.3 Å². The Labute approximate surface area is 118 Å². The first-order valence-corrected chi connectivity index (χ1v) is 7.08. The summed E-state index contributed by atoms with van der Waals surface area (Å²) in [5.74, 6) is -0.302. The number of nitrogens with one attached hydrogen (secondary N) is 1. The highest BCUT2D eigenvalue weighted by Gasteiger charge is 2.18. The van der Waals surface area contributed by atoms with Gasteiger partial charge in [0.05, 0.1) is 11.3 Å². The van der Waals surface area contributed by atoms with E-state index in [1.54, 1.807) is 0 Å². The van der Waals surface area contributed by atoms with Crippen molar-refractivity contribution < 1.29 is 9.59 Å². The van der Waals surface area contributed by atoms with Crippen LogP contribution in [0.15, 0.2) is 23.2 Å². The van der Waals surface area contributed by atoms with Crippen LogP contribution in [0.25, 0.3) is 6.08 Å². The molecule has 106 valence electrons. The second-order valence-corrected chi connectivity index (χ2v) is 5.17. The molecular formula is C16H20N2O2. The largest absolute Gasteiger partial charge is 0.356 e. The van der Waals surface area contributed by atoms with Gasteiger partial charge in [0, 0.05) is 13.0 Å². The molecule has 1 heterocycles. The van der Waals surface area contributed by atoms with E-state index in [0.717, 1.165) is 22.6 Å². The Kier molecular flexibility index (Phi) is 4.66. The highest BCUT2D eigenvalue weighted by molar-refractivity contribution is 5.86. The van der Waals surface area contributed by atoms with Crippen LogP contribution in [-0.2, 0) is 9.59 Å². The third-order valence-electron chi connectivity index (χ3n) is 3.37. The molecule has 0 radical (unpaired) electrons. The molecule has 0 aliphatic carbocycles. The van der Waals surface area contributed by atoms with Crippen LogP contribution in [-0.4, -0.2) is 18.4 Å². The molecule has 1 aliphatic heterocycles. The van der Waals surface area contributed by atoms with Gasteiger partial charge in [-0.1, -0.05) is 25.1 Å². The molecule has 1 atom stereocenters. The molecule has 0 bridgehead atoms. The number of carbonyl (C=O) groups is 2. The van der Waals surface area contributed by atoms with Gasteiger partial charge in [-0.3, -0.25) is 9.59 Å². The summed E-state index contributed by atoms with van der Waals surface area (Å²) in [5, 5.41) is 4.58. The topological polar surface area (TPSA) is 58.5 Å². The quantitative estimate of drug-likeness (QED) is 0.864. The maximum absolute atomic E-state index is 12.0. The Balaban J connectivity index is 2.02. The molecule has 4 heteroatoms. The first kappa shape index (κ1) is 14.4. The number of amides is 2. The highest BCUT2D eigenvalue weighted by Crippen LogP contribution is 2.08. The smallest absolute Gasteiger partial charge is 0.253 e. The lowest BCUT2D eigenvalue weighted by molar-refractivity contribution is -0.122. The fraction of sp³-hybridized carbons (Fsp3) is 0.438. The second kappa shape index (κ2) is 6.46. The zero-order valence-corrected chi connectivity index (χ0v) is 12.0. The molecule has 1 N–H and O–H groups in total. The van der Waals surface area contributed by atoms with Crippen molar-refractivity contribution in [3.8, 4) is 0 Å². The predicted octanol–water partition coefficient (Wildman–Crippen LogP) is 0.858. The number of hydrogen-bond acceptors (Lipinski definition) is 2. The lowest BCUT2D eigenvalue weighted by Crippen LogP contribution is -2.35. The summed E-state index contributed by atoms with van der Waals surface area (Å²) in [6.45, 7) is 4.47. The molecule has 1 unspecified atom stereocenters. The van der Waals surface area contributed by atoms with E-state index in [1.807, 2.05) is 38.1 Å². The van der Waals surface area contributed by atoms with Gasteiger partial charge in [-0.05, 0) is 36.6 Å². The Morgan fingerprint density at radius 3 is 2.95 bits per heavy atom. The predicted molar refractivity (Wildman–Crippen MR) is 77.5 cm³/mol. The van der Waals surface area contributed by atoms with Gasteiger partial charge in [0.1, 0.15) is 0 Å². The molecule has 0 aromatic heterocycles. The average Bonchev–Trinajstić information content (AvgIpc) is 2.40. The van der Waals surface area contributed by atoms with Crippen LogP contribution in [0.2, 0.25) is 0 Å². The van der Waals surface area contributed by atoms with Crippen LogP contribution in [0.5, 0.6) is 0 Å². The monoisotopic (exact) mass is 272 g/mol. The average molecular weight is 272 g/mol. The van der Waals surface area contributed by atoms with Crippen molar-refractivity contribution >= 4 is 17.9 Å². The molecule has 0 saturated carbocycles. The second-order valence-electron chi connectivity index (χ2n) is 5.17. The van der Waals surface area contributed by atoms with Gasteiger partial charge < -0.3 is 5.32 Å². The molecule has 4 nitrogen and oxygen atoms in total. The lowest BCUT2D eigenvalue weighted by Gasteiger charge is -2.12. The van der Waals surface area contributed by atoms with Crippen molar-refractivity contribution in [1.82, 2.24) is 5.32 Å². The Hall–Kier alpha value is -1.97. The van der Waals surface area contributed by atoms with Crippen molar-refractivity contribution in [2.24, 2.45) is 10.9 Å². The Bertz CT molecular complexity index is 634. The SMILES string of the molecule is CCCC(=O)NCCC1C=c2ccc(C)cc2=NC1=O. The maximum Gasteiger partial charge on any atom is 0.253 e. The summed E-state index contributed by atoms with van der Waals surface area (Å²) < 4.78 is 0. The molecule has 20 heavy (non-hydrogen) atoms. The molecule has 1 aromatic carbocycles. The minimum atomic E-state index is -0.230. The normalized spacial score (nSPS) is 16.9. The number of benzene rings is 1. The fourth-order valence-corrected chi connectivity index (χ4v) is 2.27. The van der Waals surface area contributed by atoms with Gasteiger partial charge in [-0.25, -0.2) is 4.99 Å². The number of fused-ring (bicyclic) bond motifs is 1. The summed E-state index contributed by atoms with van der Waals surface area (Å²) >= 11 is 0. The standard InChI is InChI=1S/C16H20N2O2/c1-3-4-15(19)17-8-7-13-10-12-6-5-11(2)9-14(12)18-16(13)20/h5-6,9-10,13H,3-4,7-8H2,1-2H3,(H,17,19). The van der Waals surface area contributed by atoms with Gasteiger partial charge in [0.15, 0.2) is 0 Å². The molecule has 1 aromatic rings. The highest BCUT2D eigenvalue weighted by atomic mass is 16.2. The van der Waals surface area contributed by atoms with Gasteiger partial charge in [0.25, 0.3) is 5.91 Å². The number of nitrogens with zero attached hydrogens (tertiary/aromatic N) is 1. The van der Waals surface area contributed by atoms with Gasteiger partial charge in [0.2, 0.25) is 5.91 Å². The van der Waals surface area contributed by atoms with Crippen LogP contribution in [0.1, 0.15) is 31.7 Å². The summed E-state index contributed by atoms with van der Waals surface area (Å²) in [4.78, 5) is 27.5. The molecule has 2 rings (SSSR count). The minimum Gasteiger partial charge on any atom is -0.356 e. The first-order valence-electron chi connectivity index (χ1n) is 7.08. The Morgan fingerprint density at radius 2 is 2.20 bits per heavy atom. The van der Waals surface area contributed by atoms with Gasteiger partial charge in [-0.15, -0.1) is 0 Å². The third kappa shape index (κ3) is 3.53. The van der Waals surface area contributed by atoms with Crippen molar-refractivity contribution in [3.63, 3.8) is 0 Å². The first-order chi connectivity index (χ1) is 9.60. The fourth-order valence-electron chi connectivity index (χ4n) is 2.27. The zero-order chi connectivity index (χ0) is 14.5. The van der Waals surface area contributed by atoms with Crippen molar-refractivity contribution in [1.29, 1.82) is 0 Å². The molecule has 2 amide bonds. The molecule has 1 aliphatic rings. The van der Waals surface area contributed by atoms with Crippen LogP contribution >= 0.6 is 0 Å². The van der Waals surface area contributed by atoms with E-state index in [1.165, 1.54) is 0 Å². The van der Waals surface area contributed by atoms with Crippen LogP contribution in [0, 0.1) is 12.8 Å². The zero-order valence-electron chi connectivity index (χ0n) is 12.0. The van der Waals surface area contributed by atoms with Crippen LogP contribution < -0.4 is 15.9 Å². The molecular weight excluding hydrogens is 252 g/mol. The summed E-state index contributed by atoms with van der Waals surface area (Å²) in [6, 6.07) is 5.92. The van der Waals surface area contributed by atoms with E-state index in [0.29, 0.717) is 19.4 Å². The number of aryl methyl sites for hydroxylation is 1. The van der Waals surface area contributed by atoms with Crippen molar-refractivity contribution in [2.45, 2.75) is 33.1 Å². The lowest BCUT2D eigenvalue weighted by atomic mass is 10.00. The minimum absolute atomic E-state index is 0.0451. The van der Waals surface area contributed by atoms with E-state index in [9.17, 15) is 9.59 Å². The van der Waals surface area contributed by atoms with E-state index < -0.39 is 0 Å². The van der Waals surface area contributed by atoms with Gasteiger partial charge in [-0.2, -0.15) is 0 Å².